The van der Waals surface area contributed by atoms with Gasteiger partial charge in [0.15, 0.2) is 0 Å². The molecule has 0 bridgehead atoms. The van der Waals surface area contributed by atoms with Gasteiger partial charge in [-0.25, -0.2) is 0 Å². The lowest BCUT2D eigenvalue weighted by Gasteiger charge is -2.38. The fraction of sp³-hybridized carbons (Fsp3) is 0.562. The van der Waals surface area contributed by atoms with E-state index in [1.807, 2.05) is 18.4 Å². The molecule has 1 aromatic carbocycles. The van der Waals surface area contributed by atoms with Gasteiger partial charge in [-0.3, -0.25) is 4.79 Å². The molecule has 4 nitrogen and oxygen atoms in total. The number of amides is 1. The molecule has 1 atom stereocenters. The van der Waals surface area contributed by atoms with Crippen LogP contribution in [-0.4, -0.2) is 35.7 Å². The summed E-state index contributed by atoms with van der Waals surface area (Å²) in [5.74, 6) is 1.82. The van der Waals surface area contributed by atoms with Crippen LogP contribution in [0.1, 0.15) is 30.0 Å². The Morgan fingerprint density at radius 3 is 3.05 bits per heavy atom. The maximum atomic E-state index is 12.0. The predicted octanol–water partition coefficient (Wildman–Crippen LogP) is 1.91. The van der Waals surface area contributed by atoms with Gasteiger partial charge in [-0.05, 0) is 48.3 Å². The summed E-state index contributed by atoms with van der Waals surface area (Å²) in [6.45, 7) is 0.741. The topological polar surface area (TPSA) is 58.6 Å². The molecule has 2 aliphatic rings. The summed E-state index contributed by atoms with van der Waals surface area (Å²) in [4.78, 5) is 12.0. The molecule has 0 saturated heterocycles. The number of thioether (sulfide) groups is 1. The van der Waals surface area contributed by atoms with Crippen LogP contribution >= 0.6 is 11.8 Å². The summed E-state index contributed by atoms with van der Waals surface area (Å²) in [6, 6.07) is 6.19. The standard InChI is InChI=1S/C16H21NO3S/c1-21-9-15(19)17-16(12-7-13(18)8-12)11-2-3-14-10(6-11)4-5-20-14/h2-3,6,12-13,16,18H,4-5,7-9H2,1H3,(H,17,19). The number of rotatable bonds is 5. The van der Waals surface area contributed by atoms with Gasteiger partial charge in [-0.2, -0.15) is 11.8 Å². The Kier molecular flexibility index (Phi) is 4.40. The Morgan fingerprint density at radius 1 is 1.52 bits per heavy atom. The molecule has 1 unspecified atom stereocenters. The lowest BCUT2D eigenvalue weighted by Crippen LogP contribution is -2.42. The van der Waals surface area contributed by atoms with Gasteiger partial charge in [0.05, 0.1) is 24.5 Å². The summed E-state index contributed by atoms with van der Waals surface area (Å²) in [5, 5.41) is 12.7. The largest absolute Gasteiger partial charge is 0.493 e. The highest BCUT2D eigenvalue weighted by Crippen LogP contribution is 2.39. The van der Waals surface area contributed by atoms with E-state index in [0.717, 1.165) is 37.2 Å². The smallest absolute Gasteiger partial charge is 0.230 e. The Balaban J connectivity index is 1.79. The molecule has 1 saturated carbocycles. The molecule has 2 N–H and O–H groups in total. The highest BCUT2D eigenvalue weighted by atomic mass is 32.2. The molecular formula is C16H21NO3S. The molecule has 1 amide bonds. The van der Waals surface area contributed by atoms with Crippen molar-refractivity contribution in [1.29, 1.82) is 0 Å². The number of aliphatic hydroxyl groups excluding tert-OH is 1. The van der Waals surface area contributed by atoms with Crippen LogP contribution in [0.15, 0.2) is 18.2 Å². The average Bonchev–Trinajstić information content (AvgIpc) is 2.89. The van der Waals surface area contributed by atoms with Crippen molar-refractivity contribution < 1.29 is 14.6 Å². The first-order valence-corrected chi connectivity index (χ1v) is 8.78. The third-order valence-corrected chi connectivity index (χ3v) is 4.84. The lowest BCUT2D eigenvalue weighted by atomic mass is 9.75. The van der Waals surface area contributed by atoms with Crippen LogP contribution in [0.5, 0.6) is 5.75 Å². The minimum absolute atomic E-state index is 0.000972. The zero-order valence-electron chi connectivity index (χ0n) is 12.2. The number of carbonyl (C=O) groups is 1. The quantitative estimate of drug-likeness (QED) is 0.872. The van der Waals surface area contributed by atoms with E-state index in [9.17, 15) is 9.90 Å². The first-order chi connectivity index (χ1) is 10.2. The second kappa shape index (κ2) is 6.28. The van der Waals surface area contributed by atoms with E-state index in [2.05, 4.69) is 11.4 Å². The maximum absolute atomic E-state index is 12.0. The third kappa shape index (κ3) is 3.19. The molecular weight excluding hydrogens is 286 g/mol. The van der Waals surface area contributed by atoms with E-state index in [1.54, 1.807) is 0 Å². The number of benzene rings is 1. The number of hydrogen-bond donors (Lipinski definition) is 2. The van der Waals surface area contributed by atoms with E-state index in [1.165, 1.54) is 17.3 Å². The molecule has 1 aliphatic heterocycles. The van der Waals surface area contributed by atoms with Crippen LogP contribution < -0.4 is 10.1 Å². The zero-order valence-corrected chi connectivity index (χ0v) is 13.0. The van der Waals surface area contributed by atoms with Crippen LogP contribution in [0, 0.1) is 5.92 Å². The fourth-order valence-corrected chi connectivity index (χ4v) is 3.47. The van der Waals surface area contributed by atoms with E-state index in [4.69, 9.17) is 4.74 Å². The van der Waals surface area contributed by atoms with Crippen molar-refractivity contribution in [2.45, 2.75) is 31.4 Å². The van der Waals surface area contributed by atoms with Gasteiger partial charge in [-0.1, -0.05) is 6.07 Å². The van der Waals surface area contributed by atoms with E-state index < -0.39 is 0 Å². The second-order valence-electron chi connectivity index (χ2n) is 5.83. The molecule has 1 fully saturated rings. The van der Waals surface area contributed by atoms with Crippen molar-refractivity contribution in [1.82, 2.24) is 5.32 Å². The maximum Gasteiger partial charge on any atom is 0.230 e. The van der Waals surface area contributed by atoms with Crippen molar-refractivity contribution in [2.75, 3.05) is 18.6 Å². The van der Waals surface area contributed by atoms with Crippen molar-refractivity contribution >= 4 is 17.7 Å². The van der Waals surface area contributed by atoms with Gasteiger partial charge in [0.2, 0.25) is 5.91 Å². The summed E-state index contributed by atoms with van der Waals surface area (Å²) in [7, 11) is 0. The van der Waals surface area contributed by atoms with Crippen molar-refractivity contribution in [3.63, 3.8) is 0 Å². The lowest BCUT2D eigenvalue weighted by molar-refractivity contribution is -0.120. The van der Waals surface area contributed by atoms with Gasteiger partial charge in [0.25, 0.3) is 0 Å². The van der Waals surface area contributed by atoms with E-state index in [-0.39, 0.29) is 18.1 Å². The molecule has 1 heterocycles. The Morgan fingerprint density at radius 2 is 2.33 bits per heavy atom. The molecule has 0 spiro atoms. The predicted molar refractivity (Wildman–Crippen MR) is 83.6 cm³/mol. The normalized spacial score (nSPS) is 24.7. The number of carbonyl (C=O) groups excluding carboxylic acids is 1. The van der Waals surface area contributed by atoms with Crippen LogP contribution in [0.4, 0.5) is 0 Å². The summed E-state index contributed by atoms with van der Waals surface area (Å²) in [5.41, 5.74) is 2.35. The molecule has 114 valence electrons. The van der Waals surface area contributed by atoms with Gasteiger partial charge < -0.3 is 15.2 Å². The van der Waals surface area contributed by atoms with E-state index in [0.29, 0.717) is 11.7 Å². The highest BCUT2D eigenvalue weighted by Gasteiger charge is 2.36. The first-order valence-electron chi connectivity index (χ1n) is 7.39. The second-order valence-corrected chi connectivity index (χ2v) is 6.70. The molecule has 1 aromatic rings. The van der Waals surface area contributed by atoms with Gasteiger partial charge in [-0.15, -0.1) is 0 Å². The molecule has 5 heteroatoms. The Bertz CT molecular complexity index is 528. The van der Waals surface area contributed by atoms with Crippen molar-refractivity contribution in [3.8, 4) is 5.75 Å². The minimum atomic E-state index is -0.215. The third-order valence-electron chi connectivity index (χ3n) is 4.29. The molecule has 0 radical (unpaired) electrons. The fourth-order valence-electron chi connectivity index (χ4n) is 3.12. The number of aliphatic hydroxyl groups is 1. The molecule has 3 rings (SSSR count). The van der Waals surface area contributed by atoms with Crippen molar-refractivity contribution in [2.24, 2.45) is 5.92 Å². The summed E-state index contributed by atoms with van der Waals surface area (Å²) < 4.78 is 5.54. The average molecular weight is 307 g/mol. The van der Waals surface area contributed by atoms with E-state index >= 15 is 0 Å². The molecule has 0 aromatic heterocycles. The van der Waals surface area contributed by atoms with Crippen LogP contribution in [0.2, 0.25) is 0 Å². The highest BCUT2D eigenvalue weighted by molar-refractivity contribution is 7.99. The van der Waals surface area contributed by atoms with Gasteiger partial charge in [0, 0.05) is 6.42 Å². The number of nitrogens with one attached hydrogen (secondary N) is 1. The molecule has 1 aliphatic carbocycles. The number of hydrogen-bond acceptors (Lipinski definition) is 4. The SMILES string of the molecule is CSCC(=O)NC(c1ccc2c(c1)CCO2)C1CC(O)C1. The minimum Gasteiger partial charge on any atom is -0.493 e. The Labute approximate surface area is 129 Å². The van der Waals surface area contributed by atoms with Gasteiger partial charge >= 0.3 is 0 Å². The van der Waals surface area contributed by atoms with Gasteiger partial charge in [0.1, 0.15) is 5.75 Å². The van der Waals surface area contributed by atoms with Crippen LogP contribution in [0.3, 0.4) is 0 Å². The zero-order chi connectivity index (χ0) is 14.8. The number of ether oxygens (including phenoxy) is 1. The summed E-state index contributed by atoms with van der Waals surface area (Å²) in [6.07, 6.45) is 4.17. The van der Waals surface area contributed by atoms with Crippen LogP contribution in [-0.2, 0) is 11.2 Å². The monoisotopic (exact) mass is 307 g/mol. The molecule has 21 heavy (non-hydrogen) atoms. The van der Waals surface area contributed by atoms with Crippen LogP contribution in [0.25, 0.3) is 0 Å². The van der Waals surface area contributed by atoms with Crippen molar-refractivity contribution in [3.05, 3.63) is 29.3 Å². The number of fused-ring (bicyclic) bond motifs is 1. The summed E-state index contributed by atoms with van der Waals surface area (Å²) >= 11 is 1.52. The first kappa shape index (κ1) is 14.7. The Hall–Kier alpha value is -1.20.